The van der Waals surface area contributed by atoms with Crippen molar-refractivity contribution in [1.82, 2.24) is 4.90 Å². The maximum Gasteiger partial charge on any atom is 0.264 e. The zero-order valence-electron chi connectivity index (χ0n) is 10.4. The van der Waals surface area contributed by atoms with Gasteiger partial charge in [-0.3, -0.25) is 4.90 Å². The van der Waals surface area contributed by atoms with Gasteiger partial charge < -0.3 is 9.47 Å². The van der Waals surface area contributed by atoms with Crippen LogP contribution in [0, 0.1) is 3.57 Å². The molecule has 0 amide bonds. The Morgan fingerprint density at radius 1 is 1.32 bits per heavy atom. The van der Waals surface area contributed by atoms with Gasteiger partial charge in [0.05, 0.1) is 13.2 Å². The molecule has 1 saturated heterocycles. The fourth-order valence-corrected chi connectivity index (χ4v) is 2.61. The minimum atomic E-state index is -2.44. The molecule has 19 heavy (non-hydrogen) atoms. The van der Waals surface area contributed by atoms with E-state index in [-0.39, 0.29) is 5.56 Å². The number of morpholine rings is 1. The van der Waals surface area contributed by atoms with Gasteiger partial charge in [-0.15, -0.1) is 0 Å². The van der Waals surface area contributed by atoms with E-state index >= 15 is 0 Å². The molecule has 0 unspecified atom stereocenters. The third kappa shape index (κ3) is 4.54. The van der Waals surface area contributed by atoms with E-state index in [1.54, 1.807) is 12.1 Å². The zero-order valence-corrected chi connectivity index (χ0v) is 12.6. The Hall–Kier alpha value is -0.470. The van der Waals surface area contributed by atoms with E-state index in [0.717, 1.165) is 32.8 Å². The molecular formula is C13H16F2INO2. The fraction of sp³-hybridized carbons (Fsp3) is 0.538. The SMILES string of the molecule is FC(F)c1ccc(OCCN2CCOCC2)cc1I. The van der Waals surface area contributed by atoms with Crippen molar-refractivity contribution in [3.8, 4) is 5.75 Å². The van der Waals surface area contributed by atoms with Crippen molar-refractivity contribution >= 4 is 22.6 Å². The summed E-state index contributed by atoms with van der Waals surface area (Å²) in [6.07, 6.45) is -2.44. The summed E-state index contributed by atoms with van der Waals surface area (Å²) in [5.74, 6) is 0.641. The first kappa shape index (κ1) is 14.9. The molecule has 0 N–H and O–H groups in total. The average Bonchev–Trinajstić information content (AvgIpc) is 2.39. The first-order chi connectivity index (χ1) is 9.16. The lowest BCUT2D eigenvalue weighted by Gasteiger charge is -2.26. The van der Waals surface area contributed by atoms with Crippen molar-refractivity contribution < 1.29 is 18.3 Å². The topological polar surface area (TPSA) is 21.7 Å². The van der Waals surface area contributed by atoms with Crippen LogP contribution in [0.2, 0.25) is 0 Å². The van der Waals surface area contributed by atoms with Gasteiger partial charge in [-0.25, -0.2) is 8.78 Å². The summed E-state index contributed by atoms with van der Waals surface area (Å²) in [5.41, 5.74) is 0.0566. The lowest BCUT2D eigenvalue weighted by molar-refractivity contribution is 0.0322. The van der Waals surface area contributed by atoms with Crippen LogP contribution in [0.4, 0.5) is 8.78 Å². The Balaban J connectivity index is 1.81. The molecule has 1 aromatic rings. The molecule has 6 heteroatoms. The largest absolute Gasteiger partial charge is 0.492 e. The van der Waals surface area contributed by atoms with Gasteiger partial charge in [-0.1, -0.05) is 0 Å². The van der Waals surface area contributed by atoms with E-state index in [2.05, 4.69) is 4.90 Å². The van der Waals surface area contributed by atoms with Gasteiger partial charge in [0, 0.05) is 28.8 Å². The molecule has 106 valence electrons. The van der Waals surface area contributed by atoms with Crippen LogP contribution in [-0.4, -0.2) is 44.4 Å². The molecular weight excluding hydrogens is 367 g/mol. The Morgan fingerprint density at radius 3 is 2.68 bits per heavy atom. The number of halogens is 3. The van der Waals surface area contributed by atoms with Crippen molar-refractivity contribution in [1.29, 1.82) is 0 Å². The molecule has 1 aliphatic rings. The molecule has 0 aliphatic carbocycles. The Morgan fingerprint density at radius 2 is 2.05 bits per heavy atom. The Kier molecular flexibility index (Phi) is 5.77. The van der Waals surface area contributed by atoms with Gasteiger partial charge in [-0.05, 0) is 40.8 Å². The van der Waals surface area contributed by atoms with Gasteiger partial charge in [0.25, 0.3) is 6.43 Å². The highest BCUT2D eigenvalue weighted by molar-refractivity contribution is 14.1. The fourth-order valence-electron chi connectivity index (χ4n) is 1.89. The molecule has 3 nitrogen and oxygen atoms in total. The summed E-state index contributed by atoms with van der Waals surface area (Å²) in [6.45, 7) is 4.76. The van der Waals surface area contributed by atoms with Gasteiger partial charge in [0.15, 0.2) is 0 Å². The van der Waals surface area contributed by atoms with Crippen molar-refractivity contribution in [3.63, 3.8) is 0 Å². The summed E-state index contributed by atoms with van der Waals surface area (Å²) in [5, 5.41) is 0. The quantitative estimate of drug-likeness (QED) is 0.730. The standard InChI is InChI=1S/C13H16F2INO2/c14-13(15)11-2-1-10(9-12(11)16)19-8-5-17-3-6-18-7-4-17/h1-2,9,13H,3-8H2. The summed E-state index contributed by atoms with van der Waals surface area (Å²) >= 11 is 1.91. The smallest absolute Gasteiger partial charge is 0.264 e. The van der Waals surface area contributed by atoms with E-state index in [4.69, 9.17) is 9.47 Å². The molecule has 0 radical (unpaired) electrons. The second kappa shape index (κ2) is 7.35. The van der Waals surface area contributed by atoms with Crippen LogP contribution < -0.4 is 4.74 Å². The van der Waals surface area contributed by atoms with Crippen LogP contribution in [0.1, 0.15) is 12.0 Å². The molecule has 0 aromatic heterocycles. The van der Waals surface area contributed by atoms with Crippen molar-refractivity contribution in [2.45, 2.75) is 6.43 Å². The van der Waals surface area contributed by atoms with Gasteiger partial charge in [0.2, 0.25) is 0 Å². The first-order valence-corrected chi connectivity index (χ1v) is 7.25. The minimum Gasteiger partial charge on any atom is -0.492 e. The second-order valence-corrected chi connectivity index (χ2v) is 5.45. The van der Waals surface area contributed by atoms with E-state index in [9.17, 15) is 8.78 Å². The van der Waals surface area contributed by atoms with Crippen LogP contribution >= 0.6 is 22.6 Å². The number of benzene rings is 1. The number of rotatable bonds is 5. The number of hydrogen-bond acceptors (Lipinski definition) is 3. The predicted octanol–water partition coefficient (Wildman–Crippen LogP) is 2.94. The molecule has 0 bridgehead atoms. The lowest BCUT2D eigenvalue weighted by atomic mass is 10.2. The average molecular weight is 383 g/mol. The lowest BCUT2D eigenvalue weighted by Crippen LogP contribution is -2.38. The third-order valence-corrected chi connectivity index (χ3v) is 3.92. The van der Waals surface area contributed by atoms with Crippen LogP contribution in [0.25, 0.3) is 0 Å². The molecule has 0 atom stereocenters. The normalized spacial score (nSPS) is 16.8. The molecule has 1 fully saturated rings. The van der Waals surface area contributed by atoms with Crippen molar-refractivity contribution in [3.05, 3.63) is 27.3 Å². The van der Waals surface area contributed by atoms with E-state index in [1.165, 1.54) is 6.07 Å². The van der Waals surface area contributed by atoms with Crippen LogP contribution in [0.15, 0.2) is 18.2 Å². The third-order valence-electron chi connectivity index (χ3n) is 2.99. The highest BCUT2D eigenvalue weighted by Gasteiger charge is 2.13. The summed E-state index contributed by atoms with van der Waals surface area (Å²) in [4.78, 5) is 2.27. The van der Waals surface area contributed by atoms with Crippen molar-refractivity contribution in [2.75, 3.05) is 39.5 Å². The van der Waals surface area contributed by atoms with Gasteiger partial charge >= 0.3 is 0 Å². The molecule has 1 aliphatic heterocycles. The van der Waals surface area contributed by atoms with Gasteiger partial charge in [-0.2, -0.15) is 0 Å². The number of nitrogens with zero attached hydrogens (tertiary/aromatic N) is 1. The molecule has 0 saturated carbocycles. The van der Waals surface area contributed by atoms with E-state index in [1.807, 2.05) is 22.6 Å². The van der Waals surface area contributed by atoms with E-state index in [0.29, 0.717) is 15.9 Å². The number of alkyl halides is 2. The zero-order chi connectivity index (χ0) is 13.7. The highest BCUT2D eigenvalue weighted by Crippen LogP contribution is 2.27. The summed E-state index contributed by atoms with van der Waals surface area (Å²) < 4.78 is 36.6. The maximum absolute atomic E-state index is 12.6. The van der Waals surface area contributed by atoms with Crippen LogP contribution in [0.3, 0.4) is 0 Å². The Bertz CT molecular complexity index is 412. The van der Waals surface area contributed by atoms with Crippen LogP contribution in [-0.2, 0) is 4.74 Å². The monoisotopic (exact) mass is 383 g/mol. The second-order valence-electron chi connectivity index (χ2n) is 4.29. The number of ether oxygens (including phenoxy) is 2. The maximum atomic E-state index is 12.6. The Labute approximate surface area is 125 Å². The molecule has 0 spiro atoms. The molecule has 2 rings (SSSR count). The predicted molar refractivity (Wildman–Crippen MR) is 76.9 cm³/mol. The van der Waals surface area contributed by atoms with Crippen molar-refractivity contribution in [2.24, 2.45) is 0 Å². The van der Waals surface area contributed by atoms with E-state index < -0.39 is 6.43 Å². The van der Waals surface area contributed by atoms with Crippen LogP contribution in [0.5, 0.6) is 5.75 Å². The summed E-state index contributed by atoms with van der Waals surface area (Å²) in [6, 6.07) is 4.68. The molecule has 1 heterocycles. The number of hydrogen-bond donors (Lipinski definition) is 0. The molecule has 1 aromatic carbocycles. The van der Waals surface area contributed by atoms with Gasteiger partial charge in [0.1, 0.15) is 12.4 Å². The first-order valence-electron chi connectivity index (χ1n) is 6.17. The summed E-state index contributed by atoms with van der Waals surface area (Å²) in [7, 11) is 0. The highest BCUT2D eigenvalue weighted by atomic mass is 127. The minimum absolute atomic E-state index is 0.0566.